The number of hydrogen-bond acceptors (Lipinski definition) is 5. The van der Waals surface area contributed by atoms with Crippen LogP contribution in [-0.4, -0.2) is 28.6 Å². The first-order valence-electron chi connectivity index (χ1n) is 7.69. The van der Waals surface area contributed by atoms with Crippen molar-refractivity contribution in [2.75, 3.05) is 0 Å². The van der Waals surface area contributed by atoms with E-state index in [1.807, 2.05) is 0 Å². The predicted molar refractivity (Wildman–Crippen MR) is 72.8 cm³/mol. The van der Waals surface area contributed by atoms with Crippen molar-refractivity contribution in [2.45, 2.75) is 49.1 Å². The molecule has 1 unspecified atom stereocenters. The highest BCUT2D eigenvalue weighted by atomic mass is 32.2. The van der Waals surface area contributed by atoms with Gasteiger partial charge in [0, 0.05) is 21.7 Å². The molecule has 2 aliphatic rings. The molecule has 0 spiro atoms. The van der Waals surface area contributed by atoms with Crippen LogP contribution in [0.15, 0.2) is 23.9 Å². The molecule has 9 heteroatoms. The Hall–Kier alpha value is -1.35. The molecule has 0 aromatic carbocycles. The molecule has 0 saturated heterocycles. The maximum absolute atomic E-state index is 13.3. The quantitative estimate of drug-likeness (QED) is 0.445. The molecular formula is C13H16F2NO5S-. The summed E-state index contributed by atoms with van der Waals surface area (Å²) >= 11 is 0. The number of rotatable bonds is 4. The molecule has 0 heterocycles. The van der Waals surface area contributed by atoms with Gasteiger partial charge in [-0.3, -0.25) is 10.1 Å². The lowest BCUT2D eigenvalue weighted by Gasteiger charge is -2.38. The molecule has 1 saturated carbocycles. The molecule has 0 bridgehead atoms. The summed E-state index contributed by atoms with van der Waals surface area (Å²) in [6.07, 6.45) is -2.67. The molecule has 124 valence electrons. The van der Waals surface area contributed by atoms with Crippen molar-refractivity contribution in [2.24, 2.45) is 5.92 Å². The number of alkyl halides is 2. The van der Waals surface area contributed by atoms with Crippen molar-refractivity contribution in [1.82, 2.24) is 0 Å². The third-order valence-electron chi connectivity index (χ3n) is 3.96. The lowest BCUT2D eigenvalue weighted by atomic mass is 9.79. The number of halogens is 2. The van der Waals surface area contributed by atoms with Gasteiger partial charge in [0.15, 0.2) is 0 Å². The minimum atomic E-state index is -5.24. The SMILES string of the molecule is [2H]C([2H])(C1CCC(F)(F)CC1)C1(S(=O)(=O)[O-])C=CC([N+](=O)[O-])=CC1. The summed E-state index contributed by atoms with van der Waals surface area (Å²) in [5.41, 5.74) is -0.444. The number of hydrogen-bond donors (Lipinski definition) is 0. The van der Waals surface area contributed by atoms with Gasteiger partial charge in [-0.1, -0.05) is 6.08 Å². The Labute approximate surface area is 129 Å². The molecule has 0 aromatic rings. The Bertz CT molecular complexity index is 697. The molecular weight excluding hydrogens is 320 g/mol. The van der Waals surface area contributed by atoms with Gasteiger partial charge in [-0.25, -0.2) is 17.2 Å². The Morgan fingerprint density at radius 2 is 2.00 bits per heavy atom. The first-order valence-corrected chi connectivity index (χ1v) is 8.10. The summed E-state index contributed by atoms with van der Waals surface area (Å²) in [6, 6.07) is 0. The maximum Gasteiger partial charge on any atom is 0.265 e. The first-order chi connectivity index (χ1) is 10.8. The first kappa shape index (κ1) is 14.3. The fourth-order valence-electron chi connectivity index (χ4n) is 2.64. The van der Waals surface area contributed by atoms with E-state index in [-0.39, 0.29) is 12.8 Å². The predicted octanol–water partition coefficient (Wildman–Crippen LogP) is 2.61. The molecule has 0 radical (unpaired) electrons. The van der Waals surface area contributed by atoms with Crippen molar-refractivity contribution in [3.05, 3.63) is 34.0 Å². The summed E-state index contributed by atoms with van der Waals surface area (Å²) in [6.45, 7) is 0. The summed E-state index contributed by atoms with van der Waals surface area (Å²) in [5.74, 6) is -3.99. The summed E-state index contributed by atoms with van der Waals surface area (Å²) in [5, 5.41) is 10.7. The van der Waals surface area contributed by atoms with Gasteiger partial charge in [0.2, 0.25) is 5.92 Å². The average molecular weight is 338 g/mol. The number of nitrogens with zero attached hydrogens (tertiary/aromatic N) is 1. The number of allylic oxidation sites excluding steroid dienone is 2. The van der Waals surface area contributed by atoms with Crippen LogP contribution in [0.3, 0.4) is 0 Å². The Kier molecular flexibility index (Phi) is 3.69. The monoisotopic (exact) mass is 338 g/mol. The molecule has 1 atom stereocenters. The Balaban J connectivity index is 2.40. The minimum Gasteiger partial charge on any atom is -0.747 e. The van der Waals surface area contributed by atoms with Crippen LogP contribution >= 0.6 is 0 Å². The van der Waals surface area contributed by atoms with Crippen molar-refractivity contribution in [3.8, 4) is 0 Å². The number of nitro groups is 1. The fraction of sp³-hybridized carbons (Fsp3) is 0.692. The minimum absolute atomic E-state index is 0.267. The van der Waals surface area contributed by atoms with Crippen molar-refractivity contribution in [3.63, 3.8) is 0 Å². The highest BCUT2D eigenvalue weighted by Crippen LogP contribution is 2.43. The molecule has 22 heavy (non-hydrogen) atoms. The lowest BCUT2D eigenvalue weighted by molar-refractivity contribution is -0.419. The Morgan fingerprint density at radius 3 is 2.41 bits per heavy atom. The standard InChI is InChI=1S/C13H17F2NO5S/c14-13(15)7-1-10(2-8-13)9-12(22(19,20)21)5-3-11(4-6-12)16(17)18/h3-5,10H,1-2,6-9H2,(H,19,20,21)/p-1/i9D2. The van der Waals surface area contributed by atoms with Crippen LogP contribution in [0.5, 0.6) is 0 Å². The van der Waals surface area contributed by atoms with Gasteiger partial charge in [-0.15, -0.1) is 0 Å². The van der Waals surface area contributed by atoms with E-state index >= 15 is 0 Å². The van der Waals surface area contributed by atoms with Crippen LogP contribution in [0, 0.1) is 16.0 Å². The molecule has 2 aliphatic carbocycles. The van der Waals surface area contributed by atoms with Crippen molar-refractivity contribution in [1.29, 1.82) is 0 Å². The van der Waals surface area contributed by atoms with Crippen LogP contribution in [0.1, 0.15) is 41.2 Å². The summed E-state index contributed by atoms with van der Waals surface area (Å²) in [4.78, 5) is 9.94. The highest BCUT2D eigenvalue weighted by molar-refractivity contribution is 7.87. The topological polar surface area (TPSA) is 100 Å². The highest BCUT2D eigenvalue weighted by Gasteiger charge is 2.42. The van der Waals surface area contributed by atoms with Crippen LogP contribution in [-0.2, 0) is 10.1 Å². The zero-order valence-electron chi connectivity index (χ0n) is 13.5. The molecule has 0 aromatic heterocycles. The van der Waals surface area contributed by atoms with Crippen molar-refractivity contribution >= 4 is 10.1 Å². The molecule has 0 N–H and O–H groups in total. The third kappa shape index (κ3) is 3.52. The third-order valence-corrected chi connectivity index (χ3v) is 5.27. The molecule has 2 rings (SSSR count). The van der Waals surface area contributed by atoms with Crippen molar-refractivity contribution < 1.29 is 29.4 Å². The molecule has 0 aliphatic heterocycles. The zero-order chi connectivity index (χ0) is 18.4. The van der Waals surface area contributed by atoms with E-state index < -0.39 is 63.0 Å². The molecule has 0 amide bonds. The maximum atomic E-state index is 13.3. The summed E-state index contributed by atoms with van der Waals surface area (Å²) in [7, 11) is -5.24. The molecule has 6 nitrogen and oxygen atoms in total. The van der Waals surface area contributed by atoms with Crippen LogP contribution in [0.4, 0.5) is 8.78 Å². The average Bonchev–Trinajstić information content (AvgIpc) is 2.45. The molecule has 1 fully saturated rings. The van der Waals surface area contributed by atoms with E-state index in [9.17, 15) is 31.9 Å². The van der Waals surface area contributed by atoms with Crippen LogP contribution in [0.2, 0.25) is 0 Å². The van der Waals surface area contributed by atoms with Gasteiger partial charge in [-0.2, -0.15) is 0 Å². The van der Waals surface area contributed by atoms with Gasteiger partial charge in [0.1, 0.15) is 10.1 Å². The van der Waals surface area contributed by atoms with E-state index in [2.05, 4.69) is 0 Å². The normalized spacial score (nSPS) is 31.1. The fourth-order valence-corrected chi connectivity index (χ4v) is 3.48. The van der Waals surface area contributed by atoms with E-state index in [4.69, 9.17) is 2.74 Å². The second kappa shape index (κ2) is 5.69. The van der Waals surface area contributed by atoms with Crippen LogP contribution < -0.4 is 0 Å². The van der Waals surface area contributed by atoms with Crippen LogP contribution in [0.25, 0.3) is 0 Å². The lowest BCUT2D eigenvalue weighted by Crippen LogP contribution is -2.40. The second-order valence-corrected chi connectivity index (χ2v) is 7.18. The van der Waals surface area contributed by atoms with E-state index in [1.165, 1.54) is 0 Å². The van der Waals surface area contributed by atoms with E-state index in [1.54, 1.807) is 0 Å². The second-order valence-electron chi connectivity index (χ2n) is 5.54. The van der Waals surface area contributed by atoms with Gasteiger partial charge in [-0.05, 0) is 37.6 Å². The van der Waals surface area contributed by atoms with E-state index in [0.29, 0.717) is 6.08 Å². The van der Waals surface area contributed by atoms with Gasteiger partial charge in [0.05, 0.1) is 9.67 Å². The zero-order valence-corrected chi connectivity index (χ0v) is 12.3. The summed E-state index contributed by atoms with van der Waals surface area (Å²) < 4.78 is 75.9. The van der Waals surface area contributed by atoms with Gasteiger partial charge in [0.25, 0.3) is 5.70 Å². The van der Waals surface area contributed by atoms with Gasteiger partial charge < -0.3 is 4.55 Å². The largest absolute Gasteiger partial charge is 0.747 e. The smallest absolute Gasteiger partial charge is 0.265 e. The van der Waals surface area contributed by atoms with E-state index in [0.717, 1.165) is 12.2 Å². The Morgan fingerprint density at radius 1 is 1.41 bits per heavy atom. The van der Waals surface area contributed by atoms with Gasteiger partial charge >= 0.3 is 0 Å².